The highest BCUT2D eigenvalue weighted by atomic mass is 32.2. The van der Waals surface area contributed by atoms with Gasteiger partial charge in [-0.1, -0.05) is 19.9 Å². The van der Waals surface area contributed by atoms with E-state index in [0.717, 1.165) is 58.3 Å². The molecule has 0 spiro atoms. The molecule has 0 fully saturated rings. The van der Waals surface area contributed by atoms with Crippen LogP contribution in [-0.2, 0) is 21.2 Å². The number of nitrogens with zero attached hydrogens (tertiary/aromatic N) is 3. The third kappa shape index (κ3) is 4.98. The van der Waals surface area contributed by atoms with E-state index in [4.69, 9.17) is 4.98 Å². The highest BCUT2D eigenvalue weighted by molar-refractivity contribution is 7.92. The van der Waals surface area contributed by atoms with Crippen LogP contribution in [0.1, 0.15) is 73.9 Å². The molecule has 8 nitrogen and oxygen atoms in total. The maximum absolute atomic E-state index is 13.4. The summed E-state index contributed by atoms with van der Waals surface area (Å²) in [5.41, 5.74) is 8.32. The van der Waals surface area contributed by atoms with Crippen LogP contribution in [0.3, 0.4) is 0 Å². The fourth-order valence-corrected chi connectivity index (χ4v) is 7.46. The molecular weight excluding hydrogens is 524 g/mol. The van der Waals surface area contributed by atoms with Crippen LogP contribution in [0.25, 0.3) is 16.7 Å². The average Bonchev–Trinajstić information content (AvgIpc) is 2.87. The van der Waals surface area contributed by atoms with Gasteiger partial charge in [0, 0.05) is 23.5 Å². The first-order valence-electron chi connectivity index (χ1n) is 13.5. The Morgan fingerprint density at radius 1 is 1.20 bits per heavy atom. The van der Waals surface area contributed by atoms with Gasteiger partial charge in [0.1, 0.15) is 5.82 Å². The van der Waals surface area contributed by atoms with Crippen LogP contribution in [0.2, 0.25) is 0 Å². The van der Waals surface area contributed by atoms with Crippen molar-refractivity contribution >= 4 is 38.8 Å². The van der Waals surface area contributed by atoms with Gasteiger partial charge in [-0.05, 0) is 97.0 Å². The molecule has 9 heteroatoms. The van der Waals surface area contributed by atoms with Crippen molar-refractivity contribution < 1.29 is 18.3 Å². The molecule has 0 unspecified atom stereocenters. The first kappa shape index (κ1) is 27.8. The summed E-state index contributed by atoms with van der Waals surface area (Å²) in [6, 6.07) is 5.09. The van der Waals surface area contributed by atoms with Crippen molar-refractivity contribution in [2.75, 3.05) is 15.9 Å². The van der Waals surface area contributed by atoms with Gasteiger partial charge in [-0.2, -0.15) is 0 Å². The molecule has 1 aliphatic heterocycles. The Bertz CT molecular complexity index is 1650. The molecule has 5 rings (SSSR count). The molecule has 0 saturated carbocycles. The summed E-state index contributed by atoms with van der Waals surface area (Å²) < 4.78 is 28.2. The third-order valence-electron chi connectivity index (χ3n) is 8.24. The molecule has 2 aromatic heterocycles. The highest BCUT2D eigenvalue weighted by Crippen LogP contribution is 2.53. The zero-order chi connectivity index (χ0) is 29.0. The summed E-state index contributed by atoms with van der Waals surface area (Å²) in [6.45, 7) is 10.2. The second kappa shape index (κ2) is 10.0. The van der Waals surface area contributed by atoms with Gasteiger partial charge in [0.15, 0.2) is 0 Å². The van der Waals surface area contributed by atoms with Crippen LogP contribution in [0.15, 0.2) is 42.9 Å². The number of allylic oxidation sites excluding steroid dienone is 2. The Kier molecular flexibility index (Phi) is 6.98. The van der Waals surface area contributed by atoms with Crippen molar-refractivity contribution in [1.29, 1.82) is 0 Å². The summed E-state index contributed by atoms with van der Waals surface area (Å²) in [4.78, 5) is 20.9. The topological polar surface area (TPSA) is 112 Å². The molecule has 0 radical (unpaired) electrons. The molecule has 0 saturated heterocycles. The van der Waals surface area contributed by atoms with Crippen molar-refractivity contribution in [2.45, 2.75) is 66.3 Å². The van der Waals surface area contributed by atoms with Crippen molar-refractivity contribution in [1.82, 2.24) is 9.97 Å². The molecule has 1 atom stereocenters. The molecule has 3 heterocycles. The van der Waals surface area contributed by atoms with Crippen molar-refractivity contribution in [3.8, 4) is 11.1 Å². The van der Waals surface area contributed by atoms with Crippen LogP contribution in [0, 0.1) is 19.3 Å². The molecule has 2 N–H and O–H groups in total. The summed E-state index contributed by atoms with van der Waals surface area (Å²) in [7, 11) is -3.72. The number of aromatic nitrogens is 2. The number of carboxylic acid groups (broad SMARTS) is 1. The third-order valence-corrected chi connectivity index (χ3v) is 9.45. The molecule has 0 bridgehead atoms. The fourth-order valence-electron chi connectivity index (χ4n) is 6.21. The van der Waals surface area contributed by atoms with E-state index in [1.165, 1.54) is 10.6 Å². The summed E-state index contributed by atoms with van der Waals surface area (Å²) in [5.74, 6) is -0.354. The number of fused-ring (bicyclic) bond motifs is 3. The van der Waals surface area contributed by atoms with Gasteiger partial charge in [-0.15, -0.1) is 0 Å². The molecule has 1 aromatic carbocycles. The lowest BCUT2D eigenvalue weighted by molar-refractivity contribution is -0.136. The van der Waals surface area contributed by atoms with Crippen LogP contribution in [0.4, 0.5) is 17.2 Å². The predicted molar refractivity (Wildman–Crippen MR) is 159 cm³/mol. The number of sulfonamides is 1. The molecule has 0 amide bonds. The molecular formula is C31H36N4O4S. The van der Waals surface area contributed by atoms with Crippen molar-refractivity contribution in [3.63, 3.8) is 0 Å². The highest BCUT2D eigenvalue weighted by Gasteiger charge is 2.39. The van der Waals surface area contributed by atoms with Gasteiger partial charge in [0.05, 0.1) is 36.3 Å². The number of aliphatic carboxylic acids is 1. The van der Waals surface area contributed by atoms with E-state index in [-0.39, 0.29) is 11.8 Å². The zero-order valence-electron chi connectivity index (χ0n) is 23.9. The van der Waals surface area contributed by atoms with Gasteiger partial charge < -0.3 is 10.4 Å². The second-order valence-electron chi connectivity index (χ2n) is 11.8. The van der Waals surface area contributed by atoms with E-state index in [9.17, 15) is 18.3 Å². The number of hydrogen-bond acceptors (Lipinski definition) is 6. The van der Waals surface area contributed by atoms with Crippen molar-refractivity contribution in [2.24, 2.45) is 5.41 Å². The van der Waals surface area contributed by atoms with E-state index in [1.54, 1.807) is 18.6 Å². The SMILES string of the molecule is Cc1c(C2=CCC(C)(C)CC2)c(CC(=O)O)c(C)c2c1-c1cnc(Nc3cccnc3)cc1[C@H](C)N2S(C)(=O)=O. The smallest absolute Gasteiger partial charge is 0.307 e. The number of carbonyl (C=O) groups is 1. The molecule has 1 aliphatic carbocycles. The Balaban J connectivity index is 1.79. The van der Waals surface area contributed by atoms with E-state index >= 15 is 0 Å². The maximum Gasteiger partial charge on any atom is 0.307 e. The van der Waals surface area contributed by atoms with Crippen molar-refractivity contribution in [3.05, 3.63) is 70.7 Å². The minimum Gasteiger partial charge on any atom is -0.481 e. The van der Waals surface area contributed by atoms with Gasteiger partial charge in [0.2, 0.25) is 10.0 Å². The van der Waals surface area contributed by atoms with Crippen LogP contribution in [0.5, 0.6) is 0 Å². The minimum atomic E-state index is -3.72. The van der Waals surface area contributed by atoms with Crippen LogP contribution in [-0.4, -0.2) is 35.7 Å². The lowest BCUT2D eigenvalue weighted by Crippen LogP contribution is -2.37. The molecule has 3 aromatic rings. The Hall–Kier alpha value is -3.72. The van der Waals surface area contributed by atoms with E-state index in [1.807, 2.05) is 39.0 Å². The monoisotopic (exact) mass is 560 g/mol. The molecule has 2 aliphatic rings. The number of anilines is 3. The predicted octanol–water partition coefficient (Wildman–Crippen LogP) is 6.57. The Morgan fingerprint density at radius 3 is 2.55 bits per heavy atom. The fraction of sp³-hybridized carbons (Fsp3) is 0.387. The van der Waals surface area contributed by atoms with Crippen LogP contribution < -0.4 is 9.62 Å². The van der Waals surface area contributed by atoms with Gasteiger partial charge >= 0.3 is 5.97 Å². The van der Waals surface area contributed by atoms with Gasteiger partial charge in [0.25, 0.3) is 0 Å². The van der Waals surface area contributed by atoms with E-state index in [0.29, 0.717) is 22.6 Å². The first-order chi connectivity index (χ1) is 18.8. The van der Waals surface area contributed by atoms with E-state index in [2.05, 4.69) is 30.2 Å². The standard InChI is InChI=1S/C31H36N4O4S/c1-18-23(15-27(36)37)28(21-9-11-31(4,5)12-10-21)19(2)29-25-17-33-26(34-22-8-7-13-32-16-22)14-24(25)20(3)35(30(18)29)40(6,38)39/h7-9,13-14,16-17,20H,10-12,15H2,1-6H3,(H,33,34)(H,36,37)/t20-/m0/s1. The molecule has 210 valence electrons. The maximum atomic E-state index is 13.4. The quantitative estimate of drug-likeness (QED) is 0.351. The number of carboxylic acids is 1. The largest absolute Gasteiger partial charge is 0.481 e. The van der Waals surface area contributed by atoms with Crippen LogP contribution >= 0.6 is 0 Å². The summed E-state index contributed by atoms with van der Waals surface area (Å²) >= 11 is 0. The number of rotatable bonds is 6. The Labute approximate surface area is 236 Å². The average molecular weight is 561 g/mol. The second-order valence-corrected chi connectivity index (χ2v) is 13.6. The molecule has 40 heavy (non-hydrogen) atoms. The van der Waals surface area contributed by atoms with E-state index < -0.39 is 22.0 Å². The number of pyridine rings is 2. The summed E-state index contributed by atoms with van der Waals surface area (Å²) in [5, 5.41) is 13.2. The van der Waals surface area contributed by atoms with Gasteiger partial charge in [-0.25, -0.2) is 13.4 Å². The number of nitrogens with one attached hydrogen (secondary N) is 1. The lowest BCUT2D eigenvalue weighted by Gasteiger charge is -2.40. The number of benzene rings is 1. The Morgan fingerprint density at radius 2 is 1.95 bits per heavy atom. The zero-order valence-corrected chi connectivity index (χ0v) is 24.7. The lowest BCUT2D eigenvalue weighted by atomic mass is 9.73. The first-order valence-corrected chi connectivity index (χ1v) is 15.4. The minimum absolute atomic E-state index is 0.179. The van der Waals surface area contributed by atoms with Gasteiger partial charge in [-0.3, -0.25) is 14.1 Å². The summed E-state index contributed by atoms with van der Waals surface area (Å²) in [6.07, 6.45) is 11.2. The normalized spacial score (nSPS) is 18.0. The number of hydrogen-bond donors (Lipinski definition) is 2.